The zero-order valence-electron chi connectivity index (χ0n) is 22.5. The molecule has 37 heavy (non-hydrogen) atoms. The Morgan fingerprint density at radius 2 is 1.35 bits per heavy atom. The van der Waals surface area contributed by atoms with Crippen molar-refractivity contribution in [3.05, 3.63) is 102 Å². The molecule has 184 valence electrons. The fourth-order valence-electron chi connectivity index (χ4n) is 6.44. The molecule has 0 fully saturated rings. The van der Waals surface area contributed by atoms with Crippen LogP contribution in [0.3, 0.4) is 0 Å². The van der Waals surface area contributed by atoms with E-state index in [-0.39, 0.29) is 16.7 Å². The Balaban J connectivity index is 1.70. The zero-order chi connectivity index (χ0) is 26.1. The first-order valence-electron chi connectivity index (χ1n) is 13.1. The fourth-order valence-corrected chi connectivity index (χ4v) is 6.44. The number of carbonyl (C=O) groups is 1. The summed E-state index contributed by atoms with van der Waals surface area (Å²) in [4.78, 5) is 11.9. The minimum atomic E-state index is -0.0766. The Hall–Kier alpha value is -3.91. The van der Waals surface area contributed by atoms with Gasteiger partial charge in [-0.3, -0.25) is 4.79 Å². The largest absolute Gasteiger partial charge is 0.326 e. The highest BCUT2D eigenvalue weighted by Crippen LogP contribution is 2.51. The molecule has 2 heteroatoms. The summed E-state index contributed by atoms with van der Waals surface area (Å²) in [5.41, 5.74) is 9.92. The van der Waals surface area contributed by atoms with Gasteiger partial charge >= 0.3 is 0 Å². The summed E-state index contributed by atoms with van der Waals surface area (Å²) < 4.78 is 0. The molecule has 0 aromatic heterocycles. The lowest BCUT2D eigenvalue weighted by Gasteiger charge is -2.27. The van der Waals surface area contributed by atoms with Gasteiger partial charge in [-0.2, -0.15) is 0 Å². The Morgan fingerprint density at radius 3 is 2.08 bits per heavy atom. The van der Waals surface area contributed by atoms with Crippen LogP contribution in [-0.4, -0.2) is 5.91 Å². The molecule has 0 heterocycles. The molecule has 5 aromatic carbocycles. The lowest BCUT2D eigenvalue weighted by molar-refractivity contribution is -0.114. The molecule has 0 atom stereocenters. The highest BCUT2D eigenvalue weighted by molar-refractivity contribution is 6.16. The quantitative estimate of drug-likeness (QED) is 0.249. The van der Waals surface area contributed by atoms with E-state index in [1.54, 1.807) is 6.92 Å². The minimum Gasteiger partial charge on any atom is -0.326 e. The van der Waals surface area contributed by atoms with E-state index in [1.807, 2.05) is 6.07 Å². The van der Waals surface area contributed by atoms with Crippen LogP contribution in [0.2, 0.25) is 0 Å². The van der Waals surface area contributed by atoms with Crippen molar-refractivity contribution in [1.29, 1.82) is 0 Å². The maximum Gasteiger partial charge on any atom is 0.221 e. The third kappa shape index (κ3) is 3.58. The molecule has 1 aliphatic rings. The Labute approximate surface area is 219 Å². The van der Waals surface area contributed by atoms with Crippen LogP contribution in [0, 0.1) is 0 Å². The minimum absolute atomic E-state index is 0.0573. The standard InChI is InChI=1S/C35H33NO/c1-21(37)36-23-16-18-27-29(20-23)33(34(2,3)4)28-13-8-7-12-26(28)32(27)22-15-17-25-24-11-9-10-14-30(24)35(5,6)31(25)19-22/h7-20H,1-6H3,(H,36,37). The van der Waals surface area contributed by atoms with Crippen molar-refractivity contribution in [1.82, 2.24) is 0 Å². The van der Waals surface area contributed by atoms with Gasteiger partial charge in [-0.05, 0) is 84.1 Å². The molecule has 0 spiro atoms. The molecule has 5 aromatic rings. The summed E-state index contributed by atoms with van der Waals surface area (Å²) in [6.07, 6.45) is 0. The topological polar surface area (TPSA) is 29.1 Å². The second-order valence-corrected chi connectivity index (χ2v) is 11.9. The van der Waals surface area contributed by atoms with Crippen LogP contribution >= 0.6 is 0 Å². The van der Waals surface area contributed by atoms with Gasteiger partial charge in [0, 0.05) is 18.0 Å². The van der Waals surface area contributed by atoms with Crippen LogP contribution in [0.15, 0.2) is 84.9 Å². The lowest BCUT2D eigenvalue weighted by atomic mass is 9.77. The first-order chi connectivity index (χ1) is 17.6. The SMILES string of the molecule is CC(=O)Nc1ccc2c(-c3ccc4c(c3)C(C)(C)c3ccccc3-4)c3ccccc3c(C(C)(C)C)c2c1. The number of benzene rings is 5. The highest BCUT2D eigenvalue weighted by atomic mass is 16.1. The van der Waals surface area contributed by atoms with Gasteiger partial charge in [0.2, 0.25) is 5.91 Å². The Bertz CT molecular complexity index is 1730. The molecule has 0 aliphatic heterocycles. The fraction of sp³-hybridized carbons (Fsp3) is 0.229. The molecule has 0 unspecified atom stereocenters. The maximum absolute atomic E-state index is 11.9. The van der Waals surface area contributed by atoms with E-state index in [1.165, 1.54) is 60.5 Å². The molecule has 1 N–H and O–H groups in total. The van der Waals surface area contributed by atoms with Gasteiger partial charge in [0.15, 0.2) is 0 Å². The number of hydrogen-bond donors (Lipinski definition) is 1. The number of carbonyl (C=O) groups excluding carboxylic acids is 1. The van der Waals surface area contributed by atoms with Crippen LogP contribution in [-0.2, 0) is 15.6 Å². The van der Waals surface area contributed by atoms with Crippen molar-refractivity contribution in [2.75, 3.05) is 5.32 Å². The van der Waals surface area contributed by atoms with Crippen LogP contribution < -0.4 is 5.32 Å². The number of rotatable bonds is 2. The predicted octanol–water partition coefficient (Wildman–Crippen LogP) is 9.22. The average molecular weight is 484 g/mol. The van der Waals surface area contributed by atoms with Crippen molar-refractivity contribution in [2.45, 2.75) is 52.4 Å². The number of amides is 1. The van der Waals surface area contributed by atoms with Crippen LogP contribution in [0.1, 0.15) is 58.2 Å². The Morgan fingerprint density at radius 1 is 0.703 bits per heavy atom. The molecule has 6 rings (SSSR count). The summed E-state index contributed by atoms with van der Waals surface area (Å²) in [5, 5.41) is 7.93. The molecule has 0 saturated heterocycles. The second-order valence-electron chi connectivity index (χ2n) is 11.9. The molecule has 0 radical (unpaired) electrons. The lowest BCUT2D eigenvalue weighted by Crippen LogP contribution is -2.15. The molecule has 0 saturated carbocycles. The molecule has 0 bridgehead atoms. The summed E-state index contributed by atoms with van der Waals surface area (Å²) in [5.74, 6) is -0.0573. The predicted molar refractivity (Wildman–Crippen MR) is 157 cm³/mol. The highest BCUT2D eigenvalue weighted by Gasteiger charge is 2.35. The van der Waals surface area contributed by atoms with Crippen LogP contribution in [0.25, 0.3) is 43.8 Å². The summed E-state index contributed by atoms with van der Waals surface area (Å²) >= 11 is 0. The third-order valence-corrected chi connectivity index (χ3v) is 7.97. The van der Waals surface area contributed by atoms with Crippen molar-refractivity contribution < 1.29 is 4.79 Å². The van der Waals surface area contributed by atoms with Gasteiger partial charge in [-0.15, -0.1) is 0 Å². The number of hydrogen-bond acceptors (Lipinski definition) is 1. The molecule has 2 nitrogen and oxygen atoms in total. The normalized spacial score (nSPS) is 14.0. The molecular formula is C35H33NO. The third-order valence-electron chi connectivity index (χ3n) is 7.97. The van der Waals surface area contributed by atoms with Gasteiger partial charge in [-0.25, -0.2) is 0 Å². The van der Waals surface area contributed by atoms with E-state index in [0.717, 1.165) is 5.69 Å². The summed E-state index contributed by atoms with van der Waals surface area (Å²) in [6, 6.07) is 30.9. The van der Waals surface area contributed by atoms with Crippen LogP contribution in [0.4, 0.5) is 5.69 Å². The van der Waals surface area contributed by atoms with E-state index in [2.05, 4.69) is 119 Å². The Kier molecular flexibility index (Phi) is 5.11. The van der Waals surface area contributed by atoms with E-state index in [0.29, 0.717) is 0 Å². The number of fused-ring (bicyclic) bond motifs is 5. The molecule has 1 amide bonds. The van der Waals surface area contributed by atoms with E-state index in [9.17, 15) is 4.79 Å². The number of nitrogens with one attached hydrogen (secondary N) is 1. The molecule has 1 aliphatic carbocycles. The first kappa shape index (κ1) is 23.5. The van der Waals surface area contributed by atoms with Crippen molar-refractivity contribution in [2.24, 2.45) is 0 Å². The monoisotopic (exact) mass is 483 g/mol. The van der Waals surface area contributed by atoms with Gasteiger partial charge in [0.25, 0.3) is 0 Å². The first-order valence-corrected chi connectivity index (χ1v) is 13.1. The van der Waals surface area contributed by atoms with Gasteiger partial charge in [-0.1, -0.05) is 101 Å². The van der Waals surface area contributed by atoms with Crippen LogP contribution in [0.5, 0.6) is 0 Å². The smallest absolute Gasteiger partial charge is 0.221 e. The number of anilines is 1. The van der Waals surface area contributed by atoms with E-state index < -0.39 is 0 Å². The van der Waals surface area contributed by atoms with E-state index in [4.69, 9.17) is 0 Å². The van der Waals surface area contributed by atoms with Gasteiger partial charge in [0.1, 0.15) is 0 Å². The molecular weight excluding hydrogens is 450 g/mol. The second kappa shape index (κ2) is 8.05. The van der Waals surface area contributed by atoms with Crippen molar-refractivity contribution in [3.8, 4) is 22.3 Å². The van der Waals surface area contributed by atoms with Crippen molar-refractivity contribution in [3.63, 3.8) is 0 Å². The van der Waals surface area contributed by atoms with Gasteiger partial charge in [0.05, 0.1) is 0 Å². The van der Waals surface area contributed by atoms with Crippen molar-refractivity contribution >= 4 is 33.1 Å². The average Bonchev–Trinajstić information content (AvgIpc) is 3.08. The van der Waals surface area contributed by atoms with Gasteiger partial charge < -0.3 is 5.32 Å². The maximum atomic E-state index is 11.9. The van der Waals surface area contributed by atoms with E-state index >= 15 is 0 Å². The summed E-state index contributed by atoms with van der Waals surface area (Å²) in [7, 11) is 0. The zero-order valence-corrected chi connectivity index (χ0v) is 22.5. The summed E-state index contributed by atoms with van der Waals surface area (Å²) in [6.45, 7) is 13.0.